The molecule has 0 amide bonds. The van der Waals surface area contributed by atoms with Crippen molar-refractivity contribution < 1.29 is 18.3 Å². The Morgan fingerprint density at radius 2 is 1.32 bits per heavy atom. The van der Waals surface area contributed by atoms with Gasteiger partial charge in [-0.25, -0.2) is 8.78 Å². The molecule has 5 nitrogen and oxygen atoms in total. The van der Waals surface area contributed by atoms with Crippen molar-refractivity contribution >= 4 is 11.5 Å². The third-order valence-electron chi connectivity index (χ3n) is 4.75. The van der Waals surface area contributed by atoms with Crippen molar-refractivity contribution in [3.63, 3.8) is 0 Å². The normalized spacial score (nSPS) is 10.6. The molecule has 0 aliphatic carbocycles. The number of methoxy groups -OCH3 is 2. The third kappa shape index (κ3) is 4.45. The van der Waals surface area contributed by atoms with Crippen LogP contribution in [0.3, 0.4) is 0 Å². The molecule has 0 unspecified atom stereocenters. The highest BCUT2D eigenvalue weighted by Gasteiger charge is 2.14. The Kier molecular flexibility index (Phi) is 5.75. The summed E-state index contributed by atoms with van der Waals surface area (Å²) in [4.78, 5) is 0. The van der Waals surface area contributed by atoms with E-state index in [9.17, 15) is 8.78 Å². The first-order chi connectivity index (χ1) is 15.1. The first-order valence-corrected chi connectivity index (χ1v) is 9.46. The molecule has 7 heteroatoms. The third-order valence-corrected chi connectivity index (χ3v) is 4.75. The average Bonchev–Trinajstić information content (AvgIpc) is 2.81. The minimum atomic E-state index is -0.716. The number of hydrogen-bond acceptors (Lipinski definition) is 5. The number of aromatic nitrogens is 2. The Balaban J connectivity index is 1.78. The van der Waals surface area contributed by atoms with E-state index < -0.39 is 11.6 Å². The van der Waals surface area contributed by atoms with Gasteiger partial charge in [-0.2, -0.15) is 0 Å². The standard InChI is InChI=1S/C24H19F2N3O2/c1-30-18-8-3-15(4-9-18)20-14-23(27-22-12-7-17(25)13-21(22)26)28-29-24(20)16-5-10-19(31-2)11-6-16/h3-14H,1-2H3,(H,27,28). The highest BCUT2D eigenvalue weighted by Crippen LogP contribution is 2.34. The van der Waals surface area contributed by atoms with E-state index in [-0.39, 0.29) is 5.69 Å². The molecule has 3 aromatic carbocycles. The van der Waals surface area contributed by atoms with E-state index in [4.69, 9.17) is 9.47 Å². The molecule has 0 saturated heterocycles. The summed E-state index contributed by atoms with van der Waals surface area (Å²) in [7, 11) is 3.21. The monoisotopic (exact) mass is 419 g/mol. The first kappa shape index (κ1) is 20.3. The van der Waals surface area contributed by atoms with Crippen LogP contribution in [0, 0.1) is 11.6 Å². The quantitative estimate of drug-likeness (QED) is 0.425. The Labute approximate surface area is 178 Å². The summed E-state index contributed by atoms with van der Waals surface area (Å²) in [6, 6.07) is 20.1. The van der Waals surface area contributed by atoms with Crippen LogP contribution in [-0.2, 0) is 0 Å². The van der Waals surface area contributed by atoms with E-state index in [1.165, 1.54) is 12.1 Å². The maximum Gasteiger partial charge on any atom is 0.153 e. The van der Waals surface area contributed by atoms with Crippen molar-refractivity contribution in [3.05, 3.63) is 84.4 Å². The van der Waals surface area contributed by atoms with E-state index >= 15 is 0 Å². The fourth-order valence-electron chi connectivity index (χ4n) is 3.13. The molecule has 0 aliphatic rings. The van der Waals surface area contributed by atoms with Gasteiger partial charge in [-0.15, -0.1) is 10.2 Å². The topological polar surface area (TPSA) is 56.3 Å². The number of nitrogens with one attached hydrogen (secondary N) is 1. The molecule has 4 aromatic rings. The molecule has 31 heavy (non-hydrogen) atoms. The number of rotatable bonds is 6. The maximum absolute atomic E-state index is 14.1. The van der Waals surface area contributed by atoms with Gasteiger partial charge >= 0.3 is 0 Å². The Morgan fingerprint density at radius 3 is 1.90 bits per heavy atom. The molecular formula is C24H19F2N3O2. The molecule has 1 N–H and O–H groups in total. The number of nitrogens with zero attached hydrogens (tertiary/aromatic N) is 2. The smallest absolute Gasteiger partial charge is 0.153 e. The predicted octanol–water partition coefficient (Wildman–Crippen LogP) is 5.85. The van der Waals surface area contributed by atoms with Gasteiger partial charge < -0.3 is 14.8 Å². The highest BCUT2D eigenvalue weighted by molar-refractivity contribution is 5.82. The molecular weight excluding hydrogens is 400 g/mol. The highest BCUT2D eigenvalue weighted by atomic mass is 19.1. The minimum Gasteiger partial charge on any atom is -0.497 e. The second-order valence-corrected chi connectivity index (χ2v) is 6.70. The molecule has 4 rings (SSSR count). The number of anilines is 2. The molecule has 0 atom stereocenters. The van der Waals surface area contributed by atoms with Gasteiger partial charge in [0.25, 0.3) is 0 Å². The van der Waals surface area contributed by atoms with Gasteiger partial charge in [0.15, 0.2) is 5.82 Å². The van der Waals surface area contributed by atoms with Crippen molar-refractivity contribution in [2.45, 2.75) is 0 Å². The van der Waals surface area contributed by atoms with Crippen LogP contribution in [-0.4, -0.2) is 24.4 Å². The summed E-state index contributed by atoms with van der Waals surface area (Å²) in [5.74, 6) is 0.416. The summed E-state index contributed by atoms with van der Waals surface area (Å²) in [6.45, 7) is 0. The first-order valence-electron chi connectivity index (χ1n) is 9.46. The van der Waals surface area contributed by atoms with Gasteiger partial charge in [-0.1, -0.05) is 12.1 Å². The lowest BCUT2D eigenvalue weighted by Crippen LogP contribution is -2.01. The predicted molar refractivity (Wildman–Crippen MR) is 116 cm³/mol. The van der Waals surface area contributed by atoms with E-state index in [1.54, 1.807) is 20.3 Å². The van der Waals surface area contributed by atoms with Crippen LogP contribution in [0.25, 0.3) is 22.4 Å². The molecule has 0 aliphatic heterocycles. The number of halogens is 2. The Hall–Kier alpha value is -4.00. The minimum absolute atomic E-state index is 0.105. The zero-order valence-electron chi connectivity index (χ0n) is 16.9. The lowest BCUT2D eigenvalue weighted by Gasteiger charge is -2.13. The van der Waals surface area contributed by atoms with Gasteiger partial charge in [-0.3, -0.25) is 0 Å². The van der Waals surface area contributed by atoms with Crippen molar-refractivity contribution in [1.82, 2.24) is 10.2 Å². The number of hydrogen-bond donors (Lipinski definition) is 1. The van der Waals surface area contributed by atoms with Crippen LogP contribution < -0.4 is 14.8 Å². The number of benzene rings is 3. The van der Waals surface area contributed by atoms with E-state index in [2.05, 4.69) is 15.5 Å². The Bertz CT molecular complexity index is 1200. The summed E-state index contributed by atoms with van der Waals surface area (Å²) in [6.07, 6.45) is 0. The second-order valence-electron chi connectivity index (χ2n) is 6.70. The van der Waals surface area contributed by atoms with Gasteiger partial charge in [0.05, 0.1) is 19.9 Å². The summed E-state index contributed by atoms with van der Waals surface area (Å²) < 4.78 is 37.8. The molecule has 0 bridgehead atoms. The molecule has 0 spiro atoms. The van der Waals surface area contributed by atoms with Crippen LogP contribution in [0.15, 0.2) is 72.8 Å². The van der Waals surface area contributed by atoms with Crippen molar-refractivity contribution in [3.8, 4) is 33.9 Å². The largest absolute Gasteiger partial charge is 0.497 e. The lowest BCUT2D eigenvalue weighted by molar-refractivity contribution is 0.414. The van der Waals surface area contributed by atoms with Crippen LogP contribution in [0.4, 0.5) is 20.3 Å². The summed E-state index contributed by atoms with van der Waals surface area (Å²) >= 11 is 0. The molecule has 0 fully saturated rings. The van der Waals surface area contributed by atoms with Gasteiger partial charge in [0.2, 0.25) is 0 Å². The zero-order valence-corrected chi connectivity index (χ0v) is 16.9. The Morgan fingerprint density at radius 1 is 0.710 bits per heavy atom. The summed E-state index contributed by atoms with van der Waals surface area (Å²) in [5, 5.41) is 11.5. The van der Waals surface area contributed by atoms with E-state index in [0.717, 1.165) is 34.3 Å². The van der Waals surface area contributed by atoms with Crippen molar-refractivity contribution in [1.29, 1.82) is 0 Å². The van der Waals surface area contributed by atoms with Crippen molar-refractivity contribution in [2.75, 3.05) is 19.5 Å². The molecule has 0 saturated carbocycles. The fourth-order valence-corrected chi connectivity index (χ4v) is 3.13. The average molecular weight is 419 g/mol. The second kappa shape index (κ2) is 8.79. The number of ether oxygens (including phenoxy) is 2. The van der Waals surface area contributed by atoms with Crippen LogP contribution in [0.2, 0.25) is 0 Å². The van der Waals surface area contributed by atoms with Crippen molar-refractivity contribution in [2.24, 2.45) is 0 Å². The SMILES string of the molecule is COc1ccc(-c2cc(Nc3ccc(F)cc3F)nnc2-c2ccc(OC)cc2)cc1. The van der Waals surface area contributed by atoms with Crippen LogP contribution in [0.5, 0.6) is 11.5 Å². The van der Waals surface area contributed by atoms with Gasteiger partial charge in [-0.05, 0) is 60.2 Å². The van der Waals surface area contributed by atoms with E-state index in [1.807, 2.05) is 48.5 Å². The molecule has 156 valence electrons. The maximum atomic E-state index is 14.1. The van der Waals surface area contributed by atoms with Gasteiger partial charge in [0.1, 0.15) is 28.8 Å². The van der Waals surface area contributed by atoms with Crippen LogP contribution >= 0.6 is 0 Å². The van der Waals surface area contributed by atoms with Crippen LogP contribution in [0.1, 0.15) is 0 Å². The van der Waals surface area contributed by atoms with Gasteiger partial charge in [0, 0.05) is 17.2 Å². The lowest BCUT2D eigenvalue weighted by atomic mass is 9.99. The zero-order chi connectivity index (χ0) is 21.8. The molecule has 0 radical (unpaired) electrons. The molecule has 1 aromatic heterocycles. The fraction of sp³-hybridized carbons (Fsp3) is 0.0833. The molecule has 1 heterocycles. The van der Waals surface area contributed by atoms with E-state index in [0.29, 0.717) is 11.5 Å². The summed E-state index contributed by atoms with van der Waals surface area (Å²) in [5.41, 5.74) is 3.27.